The van der Waals surface area contributed by atoms with Crippen molar-refractivity contribution in [2.24, 2.45) is 0 Å². The summed E-state index contributed by atoms with van der Waals surface area (Å²) in [4.78, 5) is 13.5. The number of piperidine rings is 1. The van der Waals surface area contributed by atoms with E-state index in [1.165, 1.54) is 0 Å². The van der Waals surface area contributed by atoms with Crippen molar-refractivity contribution in [2.45, 2.75) is 154 Å². The molecular formula is C32H62N2O6Si3. The summed E-state index contributed by atoms with van der Waals surface area (Å²) in [5.41, 5.74) is 0.926. The number of benzene rings is 1. The van der Waals surface area contributed by atoms with E-state index in [1.807, 2.05) is 30.3 Å². The van der Waals surface area contributed by atoms with Crippen molar-refractivity contribution in [3.63, 3.8) is 0 Å². The number of amides is 1. The van der Waals surface area contributed by atoms with Gasteiger partial charge in [-0.05, 0) is 60.0 Å². The highest BCUT2D eigenvalue weighted by molar-refractivity contribution is 6.74. The average molecular weight is 655 g/mol. The monoisotopic (exact) mass is 654 g/mol. The Hall–Kier alpha value is -1.06. The van der Waals surface area contributed by atoms with Gasteiger partial charge in [0.15, 0.2) is 25.0 Å². The number of aliphatic hydroxyl groups excluding tert-OH is 1. The number of alkyl carbamates (subject to hydrolysis) is 1. The Balaban J connectivity index is 2.62. The summed E-state index contributed by atoms with van der Waals surface area (Å²) in [6.07, 6.45) is -1.94. The zero-order valence-electron chi connectivity index (χ0n) is 28.5. The highest BCUT2D eigenvalue weighted by atomic mass is 28.4. The Morgan fingerprint density at radius 2 is 1.16 bits per heavy atom. The van der Waals surface area contributed by atoms with Crippen LogP contribution in [0.2, 0.25) is 54.4 Å². The van der Waals surface area contributed by atoms with Gasteiger partial charge in [0.05, 0.1) is 30.9 Å². The molecule has 1 heterocycles. The molecule has 43 heavy (non-hydrogen) atoms. The second-order valence-corrected chi connectivity index (χ2v) is 26.3. The molecule has 8 nitrogen and oxygen atoms in total. The van der Waals surface area contributed by atoms with Gasteiger partial charge in [0, 0.05) is 0 Å². The van der Waals surface area contributed by atoms with Gasteiger partial charge in [-0.1, -0.05) is 92.6 Å². The van der Waals surface area contributed by atoms with Crippen LogP contribution in [0.25, 0.3) is 0 Å². The predicted molar refractivity (Wildman–Crippen MR) is 184 cm³/mol. The van der Waals surface area contributed by atoms with Crippen LogP contribution in [0.3, 0.4) is 0 Å². The molecule has 1 aromatic rings. The second kappa shape index (κ2) is 18.2. The van der Waals surface area contributed by atoms with Crippen molar-refractivity contribution in [3.8, 4) is 0 Å². The minimum atomic E-state index is -2.18. The molecule has 0 saturated carbocycles. The summed E-state index contributed by atoms with van der Waals surface area (Å²) >= 11 is 0. The van der Waals surface area contributed by atoms with Gasteiger partial charge in [-0.2, -0.15) is 0 Å². The normalized spacial score (nSPS) is 23.3. The van der Waals surface area contributed by atoms with E-state index in [-0.39, 0.29) is 19.3 Å². The van der Waals surface area contributed by atoms with Crippen LogP contribution in [0.5, 0.6) is 0 Å². The molecule has 1 aromatic carbocycles. The van der Waals surface area contributed by atoms with Crippen LogP contribution in [0.15, 0.2) is 30.3 Å². The van der Waals surface area contributed by atoms with Crippen molar-refractivity contribution in [1.29, 1.82) is 0 Å². The van der Waals surface area contributed by atoms with Gasteiger partial charge in [-0.3, -0.25) is 5.32 Å². The van der Waals surface area contributed by atoms with Crippen molar-refractivity contribution in [2.75, 3.05) is 6.61 Å². The fraction of sp³-hybridized carbons (Fsp3) is 0.781. The topological polar surface area (TPSA) is 98.3 Å². The first-order chi connectivity index (χ1) is 20.6. The summed E-state index contributed by atoms with van der Waals surface area (Å²) in [6.45, 7) is 20.0. The van der Waals surface area contributed by atoms with E-state index in [1.54, 1.807) is 0 Å². The lowest BCUT2D eigenvalue weighted by Gasteiger charge is -2.53. The third-order valence-corrected chi connectivity index (χ3v) is 24.3. The van der Waals surface area contributed by atoms with Gasteiger partial charge >= 0.3 is 6.09 Å². The van der Waals surface area contributed by atoms with E-state index >= 15 is 0 Å². The Morgan fingerprint density at radius 1 is 0.721 bits per heavy atom. The summed E-state index contributed by atoms with van der Waals surface area (Å²) in [6, 6.07) is 17.5. The van der Waals surface area contributed by atoms with Gasteiger partial charge in [-0.15, -0.1) is 0 Å². The fourth-order valence-electron chi connectivity index (χ4n) is 6.47. The highest BCUT2D eigenvalue weighted by Gasteiger charge is 2.53. The van der Waals surface area contributed by atoms with Crippen molar-refractivity contribution >= 4 is 31.0 Å². The van der Waals surface area contributed by atoms with Crippen LogP contribution >= 0.6 is 0 Å². The zero-order valence-corrected chi connectivity index (χ0v) is 31.5. The second-order valence-electron chi connectivity index (χ2n) is 12.1. The van der Waals surface area contributed by atoms with Gasteiger partial charge in [0.25, 0.3) is 0 Å². The molecule has 1 aliphatic heterocycles. The van der Waals surface area contributed by atoms with E-state index in [2.05, 4.69) is 72.9 Å². The quantitative estimate of drug-likeness (QED) is 0.134. The Bertz CT molecular complexity index is 906. The van der Waals surface area contributed by atoms with Gasteiger partial charge in [-0.25, -0.2) is 4.79 Å². The number of rotatable bonds is 19. The lowest BCUT2D eigenvalue weighted by Crippen LogP contribution is -2.75. The molecule has 0 radical (unpaired) electrons. The molecule has 5 atom stereocenters. The molecule has 1 saturated heterocycles. The van der Waals surface area contributed by atoms with Gasteiger partial charge < -0.3 is 28.4 Å². The maximum absolute atomic E-state index is 13.5. The Morgan fingerprint density at radius 3 is 1.60 bits per heavy atom. The van der Waals surface area contributed by atoms with Crippen LogP contribution in [0.4, 0.5) is 4.79 Å². The SMILES string of the molecule is CC[Si](CC)(CC)O[C@@H]1[C@@H](NC(=O)OCc2ccccc2)[C@@H](O[Si](CC)(CC)CC)N[C@H](CO)[C@H]1O[Si](CC)(CC)CC. The molecule has 1 amide bonds. The lowest BCUT2D eigenvalue weighted by atomic mass is 9.93. The molecule has 11 heteroatoms. The molecule has 0 spiro atoms. The van der Waals surface area contributed by atoms with Crippen molar-refractivity contribution < 1.29 is 27.9 Å². The molecule has 0 aromatic heterocycles. The predicted octanol–water partition coefficient (Wildman–Crippen LogP) is 7.37. The van der Waals surface area contributed by atoms with Crippen LogP contribution in [0.1, 0.15) is 67.9 Å². The van der Waals surface area contributed by atoms with Gasteiger partial charge in [0.2, 0.25) is 0 Å². The summed E-state index contributed by atoms with van der Waals surface area (Å²) in [5, 5.41) is 17.7. The molecular weight excluding hydrogens is 593 g/mol. The zero-order chi connectivity index (χ0) is 32.1. The van der Waals surface area contributed by atoms with E-state index in [9.17, 15) is 9.90 Å². The van der Waals surface area contributed by atoms with Gasteiger partial charge in [0.1, 0.15) is 12.8 Å². The number of carbonyl (C=O) groups excluding carboxylic acids is 1. The first-order valence-electron chi connectivity index (χ1n) is 17.0. The van der Waals surface area contributed by atoms with Crippen molar-refractivity contribution in [1.82, 2.24) is 10.6 Å². The molecule has 2 rings (SSSR count). The third kappa shape index (κ3) is 9.71. The summed E-state index contributed by atoms with van der Waals surface area (Å²) in [5.74, 6) is 0. The highest BCUT2D eigenvalue weighted by Crippen LogP contribution is 2.36. The van der Waals surface area contributed by atoms with E-state index in [0.717, 1.165) is 60.0 Å². The number of nitrogens with one attached hydrogen (secondary N) is 2. The maximum Gasteiger partial charge on any atom is 0.407 e. The Labute approximate surface area is 265 Å². The molecule has 0 aliphatic carbocycles. The number of carbonyl (C=O) groups is 1. The standard InChI is InChI=1S/C32H62N2O6Si3/c1-10-41(11-2,12-3)38-29-27(24-35)33-31(40-43(16-7,17-8)18-9)28(30(29)39-42(13-4,14-5)15-6)34-32(36)37-25-26-22-20-19-21-23-26/h19-23,27-31,33,35H,10-18,24-25H2,1-9H3,(H,34,36)/t27-,28-,29-,30-,31-/m1/s1. The maximum atomic E-state index is 13.5. The van der Waals surface area contributed by atoms with E-state index in [0.29, 0.717) is 0 Å². The lowest BCUT2D eigenvalue weighted by molar-refractivity contribution is -0.0917. The van der Waals surface area contributed by atoms with Crippen LogP contribution in [-0.2, 0) is 24.6 Å². The van der Waals surface area contributed by atoms with Crippen molar-refractivity contribution in [3.05, 3.63) is 35.9 Å². The first-order valence-corrected chi connectivity index (χ1v) is 24.6. The number of hydrogen-bond donors (Lipinski definition) is 3. The molecule has 0 bridgehead atoms. The number of hydrogen-bond acceptors (Lipinski definition) is 7. The van der Waals surface area contributed by atoms with E-state index in [4.69, 9.17) is 18.0 Å². The third-order valence-electron chi connectivity index (χ3n) is 10.4. The summed E-state index contributed by atoms with van der Waals surface area (Å²) < 4.78 is 27.3. The first kappa shape index (κ1) is 38.1. The average Bonchev–Trinajstić information content (AvgIpc) is 3.06. The Kier molecular flexibility index (Phi) is 16.1. The van der Waals surface area contributed by atoms with E-state index < -0.39 is 55.5 Å². The fourth-order valence-corrected chi connectivity index (χ4v) is 15.0. The molecule has 1 fully saturated rings. The van der Waals surface area contributed by atoms with Crippen LogP contribution in [0, 0.1) is 0 Å². The largest absolute Gasteiger partial charge is 0.445 e. The van der Waals surface area contributed by atoms with Crippen LogP contribution in [-0.4, -0.2) is 73.3 Å². The molecule has 0 unspecified atom stereocenters. The smallest absolute Gasteiger partial charge is 0.407 e. The molecule has 248 valence electrons. The molecule has 1 aliphatic rings. The number of aliphatic hydroxyl groups is 1. The minimum absolute atomic E-state index is 0.102. The summed E-state index contributed by atoms with van der Waals surface area (Å²) in [7, 11) is -6.43. The molecule has 3 N–H and O–H groups in total. The van der Waals surface area contributed by atoms with Crippen LogP contribution < -0.4 is 10.6 Å². The number of ether oxygens (including phenoxy) is 1. The minimum Gasteiger partial charge on any atom is -0.445 e.